The van der Waals surface area contributed by atoms with Crippen LogP contribution < -0.4 is 10.6 Å². The zero-order valence-electron chi connectivity index (χ0n) is 12.8. The quantitative estimate of drug-likeness (QED) is 0.648. The molecule has 3 rings (SSSR count). The van der Waals surface area contributed by atoms with Crippen LogP contribution in [-0.4, -0.2) is 39.9 Å². The molecule has 7 nitrogen and oxygen atoms in total. The fraction of sp³-hybridized carbons (Fsp3) is 0.267. The maximum atomic E-state index is 13.0. The zero-order chi connectivity index (χ0) is 16.2. The van der Waals surface area contributed by atoms with Gasteiger partial charge in [0, 0.05) is 18.8 Å². The van der Waals surface area contributed by atoms with Gasteiger partial charge in [0.25, 0.3) is 0 Å². The second kappa shape index (κ2) is 6.57. The first-order valence-electron chi connectivity index (χ1n) is 7.15. The number of aromatic nitrogens is 4. The molecule has 2 heterocycles. The lowest BCUT2D eigenvalue weighted by molar-refractivity contribution is 0.190. The van der Waals surface area contributed by atoms with Crippen molar-refractivity contribution in [1.82, 2.24) is 20.2 Å². The van der Waals surface area contributed by atoms with Gasteiger partial charge in [0.1, 0.15) is 11.6 Å². The number of hydrogen-bond donors (Lipinski definition) is 3. The number of methoxy groups -OCH3 is 1. The van der Waals surface area contributed by atoms with Crippen LogP contribution >= 0.6 is 0 Å². The van der Waals surface area contributed by atoms with E-state index in [-0.39, 0.29) is 11.9 Å². The van der Waals surface area contributed by atoms with Crippen LogP contribution in [0.15, 0.2) is 30.5 Å². The van der Waals surface area contributed by atoms with Crippen molar-refractivity contribution in [3.8, 4) is 0 Å². The van der Waals surface area contributed by atoms with Gasteiger partial charge in [0.15, 0.2) is 5.65 Å². The Labute approximate surface area is 132 Å². The number of hydrogen-bond acceptors (Lipinski definition) is 6. The van der Waals surface area contributed by atoms with Gasteiger partial charge in [-0.05, 0) is 31.2 Å². The number of anilines is 3. The molecule has 8 heteroatoms. The molecule has 1 aromatic carbocycles. The van der Waals surface area contributed by atoms with Crippen LogP contribution in [0.2, 0.25) is 0 Å². The van der Waals surface area contributed by atoms with E-state index < -0.39 is 0 Å². The van der Waals surface area contributed by atoms with Crippen molar-refractivity contribution in [1.29, 1.82) is 0 Å². The van der Waals surface area contributed by atoms with Gasteiger partial charge in [-0.2, -0.15) is 15.1 Å². The average Bonchev–Trinajstić information content (AvgIpc) is 2.98. The van der Waals surface area contributed by atoms with E-state index in [1.54, 1.807) is 25.4 Å². The predicted molar refractivity (Wildman–Crippen MR) is 86.3 cm³/mol. The lowest BCUT2D eigenvalue weighted by Gasteiger charge is -2.14. The summed E-state index contributed by atoms with van der Waals surface area (Å²) in [4.78, 5) is 8.85. The summed E-state index contributed by atoms with van der Waals surface area (Å²) < 4.78 is 18.1. The molecule has 0 fully saturated rings. The van der Waals surface area contributed by atoms with Crippen molar-refractivity contribution in [2.24, 2.45) is 0 Å². The Hall–Kier alpha value is -2.74. The molecule has 1 atom stereocenters. The van der Waals surface area contributed by atoms with Crippen molar-refractivity contribution >= 4 is 28.5 Å². The minimum atomic E-state index is -0.289. The van der Waals surface area contributed by atoms with Crippen molar-refractivity contribution < 1.29 is 9.13 Å². The molecular weight excluding hydrogens is 299 g/mol. The Morgan fingerprint density at radius 2 is 2.04 bits per heavy atom. The van der Waals surface area contributed by atoms with Crippen LogP contribution in [0, 0.1) is 5.82 Å². The number of nitrogens with zero attached hydrogens (tertiary/aromatic N) is 3. The maximum Gasteiger partial charge on any atom is 0.227 e. The molecule has 3 N–H and O–H groups in total. The fourth-order valence-electron chi connectivity index (χ4n) is 2.18. The first-order chi connectivity index (χ1) is 11.2. The van der Waals surface area contributed by atoms with E-state index in [1.165, 1.54) is 12.1 Å². The first kappa shape index (κ1) is 15.2. The maximum absolute atomic E-state index is 13.0. The van der Waals surface area contributed by atoms with Crippen molar-refractivity contribution in [2.45, 2.75) is 13.0 Å². The molecule has 2 aromatic heterocycles. The smallest absolute Gasteiger partial charge is 0.227 e. The summed E-state index contributed by atoms with van der Waals surface area (Å²) in [5, 5.41) is 13.9. The molecule has 0 saturated heterocycles. The fourth-order valence-corrected chi connectivity index (χ4v) is 2.18. The van der Waals surface area contributed by atoms with Crippen LogP contribution in [0.5, 0.6) is 0 Å². The van der Waals surface area contributed by atoms with E-state index in [9.17, 15) is 4.39 Å². The third-order valence-corrected chi connectivity index (χ3v) is 3.21. The molecule has 0 aliphatic heterocycles. The summed E-state index contributed by atoms with van der Waals surface area (Å²) in [6.45, 7) is 2.50. The third-order valence-electron chi connectivity index (χ3n) is 3.21. The SMILES string of the molecule is COCC(C)Nc1nc(Nc2ccc(F)cc2)c2cn[nH]c2n1. The van der Waals surface area contributed by atoms with Gasteiger partial charge in [-0.3, -0.25) is 5.10 Å². The molecule has 0 amide bonds. The topological polar surface area (TPSA) is 87.8 Å². The highest BCUT2D eigenvalue weighted by Gasteiger charge is 2.11. The first-order valence-corrected chi connectivity index (χ1v) is 7.15. The molecule has 0 bridgehead atoms. The monoisotopic (exact) mass is 316 g/mol. The van der Waals surface area contributed by atoms with Gasteiger partial charge in [-0.25, -0.2) is 4.39 Å². The van der Waals surface area contributed by atoms with E-state index >= 15 is 0 Å². The predicted octanol–water partition coefficient (Wildman–Crippen LogP) is 2.68. The summed E-state index contributed by atoms with van der Waals surface area (Å²) in [5.74, 6) is 0.751. The highest BCUT2D eigenvalue weighted by molar-refractivity contribution is 5.89. The average molecular weight is 316 g/mol. The number of H-pyrrole nitrogens is 1. The van der Waals surface area contributed by atoms with Crippen LogP contribution in [0.25, 0.3) is 11.0 Å². The highest BCUT2D eigenvalue weighted by Crippen LogP contribution is 2.24. The second-order valence-corrected chi connectivity index (χ2v) is 5.16. The van der Waals surface area contributed by atoms with Gasteiger partial charge in [0.2, 0.25) is 5.95 Å². The van der Waals surface area contributed by atoms with Crippen LogP contribution in [0.4, 0.5) is 21.8 Å². The van der Waals surface area contributed by atoms with Crippen LogP contribution in [-0.2, 0) is 4.74 Å². The molecule has 0 spiro atoms. The van der Waals surface area contributed by atoms with Gasteiger partial charge in [0.05, 0.1) is 18.2 Å². The normalized spacial score (nSPS) is 12.3. The number of rotatable bonds is 6. The van der Waals surface area contributed by atoms with E-state index in [0.717, 1.165) is 11.1 Å². The number of nitrogens with one attached hydrogen (secondary N) is 3. The molecular formula is C15H17FN6O. The van der Waals surface area contributed by atoms with E-state index in [1.807, 2.05) is 6.92 Å². The lowest BCUT2D eigenvalue weighted by atomic mass is 10.3. The lowest BCUT2D eigenvalue weighted by Crippen LogP contribution is -2.22. The Morgan fingerprint density at radius 1 is 1.26 bits per heavy atom. The van der Waals surface area contributed by atoms with Gasteiger partial charge < -0.3 is 15.4 Å². The Bertz CT molecular complexity index is 788. The van der Waals surface area contributed by atoms with Gasteiger partial charge in [-0.15, -0.1) is 0 Å². The molecule has 0 saturated carbocycles. The minimum Gasteiger partial charge on any atom is -0.383 e. The molecule has 0 aliphatic rings. The van der Waals surface area contributed by atoms with Crippen molar-refractivity contribution in [2.75, 3.05) is 24.4 Å². The Balaban J connectivity index is 1.91. The molecule has 120 valence electrons. The zero-order valence-corrected chi connectivity index (χ0v) is 12.8. The number of halogens is 1. The van der Waals surface area contributed by atoms with Crippen molar-refractivity contribution in [3.63, 3.8) is 0 Å². The second-order valence-electron chi connectivity index (χ2n) is 5.16. The summed E-state index contributed by atoms with van der Waals surface area (Å²) >= 11 is 0. The standard InChI is InChI=1S/C15H17FN6O/c1-9(8-23-2)18-15-20-13(12-7-17-22-14(12)21-15)19-11-5-3-10(16)4-6-11/h3-7,9H,8H2,1-2H3,(H3,17,18,19,20,21,22). The summed E-state index contributed by atoms with van der Waals surface area (Å²) in [5.41, 5.74) is 1.33. The molecule has 0 aliphatic carbocycles. The third kappa shape index (κ3) is 3.54. The van der Waals surface area contributed by atoms with Crippen LogP contribution in [0.1, 0.15) is 6.92 Å². The number of ether oxygens (including phenoxy) is 1. The molecule has 0 radical (unpaired) electrons. The Kier molecular flexibility index (Phi) is 4.33. The van der Waals surface area contributed by atoms with Crippen LogP contribution in [0.3, 0.4) is 0 Å². The highest BCUT2D eigenvalue weighted by atomic mass is 19.1. The summed E-state index contributed by atoms with van der Waals surface area (Å²) in [7, 11) is 1.64. The molecule has 3 aromatic rings. The van der Waals surface area contributed by atoms with Gasteiger partial charge >= 0.3 is 0 Å². The number of aromatic amines is 1. The number of benzene rings is 1. The van der Waals surface area contributed by atoms with E-state index in [4.69, 9.17) is 4.74 Å². The molecule has 1 unspecified atom stereocenters. The molecule has 23 heavy (non-hydrogen) atoms. The summed E-state index contributed by atoms with van der Waals surface area (Å²) in [6.07, 6.45) is 1.64. The van der Waals surface area contributed by atoms with Crippen molar-refractivity contribution in [3.05, 3.63) is 36.3 Å². The number of fused-ring (bicyclic) bond motifs is 1. The summed E-state index contributed by atoms with van der Waals surface area (Å²) in [6, 6.07) is 6.11. The minimum absolute atomic E-state index is 0.0547. The van der Waals surface area contributed by atoms with E-state index in [0.29, 0.717) is 24.0 Å². The largest absolute Gasteiger partial charge is 0.383 e. The van der Waals surface area contributed by atoms with Gasteiger partial charge in [-0.1, -0.05) is 0 Å². The Morgan fingerprint density at radius 3 is 2.78 bits per heavy atom. The van der Waals surface area contributed by atoms with E-state index in [2.05, 4.69) is 30.8 Å².